The molecule has 15 nitrogen and oxygen atoms in total. The van der Waals surface area contributed by atoms with Gasteiger partial charge in [-0.2, -0.15) is 0 Å². The number of hydrogen-bond acceptors (Lipinski definition) is 7. The smallest absolute Gasteiger partial charge is 0.326 e. The van der Waals surface area contributed by atoms with E-state index in [-0.39, 0.29) is 36.7 Å². The van der Waals surface area contributed by atoms with E-state index >= 15 is 0 Å². The molecule has 0 spiro atoms. The van der Waals surface area contributed by atoms with Crippen molar-refractivity contribution in [1.29, 1.82) is 0 Å². The van der Waals surface area contributed by atoms with Gasteiger partial charge in [0.05, 0.1) is 6.04 Å². The van der Waals surface area contributed by atoms with Crippen LogP contribution in [-0.2, 0) is 19.2 Å². The Morgan fingerprint density at radius 2 is 1.54 bits per heavy atom. The summed E-state index contributed by atoms with van der Waals surface area (Å²) in [6.45, 7) is 4.37. The number of nitrogens with one attached hydrogen (secondary N) is 2. The highest BCUT2D eigenvalue weighted by atomic mass is 16.4. The Hall–Kier alpha value is -3.62. The van der Waals surface area contributed by atoms with Crippen molar-refractivity contribution in [2.45, 2.75) is 76.5 Å². The second-order valence-corrected chi connectivity index (χ2v) is 9.32. The summed E-state index contributed by atoms with van der Waals surface area (Å²) < 4.78 is 0. The van der Waals surface area contributed by atoms with Gasteiger partial charge in [-0.05, 0) is 44.4 Å². The summed E-state index contributed by atoms with van der Waals surface area (Å²) >= 11 is 0. The van der Waals surface area contributed by atoms with Crippen molar-refractivity contribution < 1.29 is 24.3 Å². The zero-order valence-corrected chi connectivity index (χ0v) is 21.6. The van der Waals surface area contributed by atoms with Crippen molar-refractivity contribution in [1.82, 2.24) is 15.5 Å². The van der Waals surface area contributed by atoms with Gasteiger partial charge in [-0.1, -0.05) is 13.8 Å². The molecule has 15 heteroatoms. The number of likely N-dealkylation sites (tertiary alicyclic amines) is 1. The van der Waals surface area contributed by atoms with Gasteiger partial charge in [0.2, 0.25) is 17.7 Å². The van der Waals surface area contributed by atoms with E-state index in [1.807, 2.05) is 0 Å². The quantitative estimate of drug-likeness (QED) is 0.0613. The predicted octanol–water partition coefficient (Wildman–Crippen LogP) is -2.88. The standard InChI is InChI=1S/C22H42N10O5/c1-12(2)16(18(34)30-14(20(36)37)7-4-10-29-22(26)27)31-17(33)15-8-5-11-32(15)19(35)13(23)6-3-9-28-21(24)25/h12-16H,3-11,23H2,1-2H3,(H,30,34)(H,31,33)(H,36,37)(H4,24,25,28)(H4,26,27,29). The van der Waals surface area contributed by atoms with Gasteiger partial charge in [-0.15, -0.1) is 0 Å². The van der Waals surface area contributed by atoms with E-state index < -0.39 is 42.0 Å². The van der Waals surface area contributed by atoms with Crippen LogP contribution in [0.2, 0.25) is 0 Å². The molecular weight excluding hydrogens is 484 g/mol. The Morgan fingerprint density at radius 1 is 0.973 bits per heavy atom. The number of rotatable bonds is 15. The first-order valence-corrected chi connectivity index (χ1v) is 12.4. The number of amides is 3. The summed E-state index contributed by atoms with van der Waals surface area (Å²) in [5, 5.41) is 14.7. The number of hydrogen-bond donors (Lipinski definition) is 8. The van der Waals surface area contributed by atoms with Crippen LogP contribution in [0.15, 0.2) is 9.98 Å². The van der Waals surface area contributed by atoms with Crippen molar-refractivity contribution in [3.05, 3.63) is 0 Å². The summed E-state index contributed by atoms with van der Waals surface area (Å²) in [5.41, 5.74) is 27.1. The van der Waals surface area contributed by atoms with Crippen LogP contribution in [0.25, 0.3) is 0 Å². The fourth-order valence-electron chi connectivity index (χ4n) is 3.97. The minimum absolute atomic E-state index is 0.0412. The zero-order valence-electron chi connectivity index (χ0n) is 21.6. The number of carboxylic acids is 1. The van der Waals surface area contributed by atoms with Gasteiger partial charge < -0.3 is 49.3 Å². The molecule has 0 aromatic heterocycles. The van der Waals surface area contributed by atoms with Crippen LogP contribution in [0.4, 0.5) is 0 Å². The van der Waals surface area contributed by atoms with E-state index in [2.05, 4.69) is 20.6 Å². The molecular formula is C22H42N10O5. The van der Waals surface area contributed by atoms with E-state index in [0.717, 1.165) is 0 Å². The Bertz CT molecular complexity index is 855. The lowest BCUT2D eigenvalue weighted by atomic mass is 10.0. The van der Waals surface area contributed by atoms with Crippen LogP contribution >= 0.6 is 0 Å². The van der Waals surface area contributed by atoms with Crippen LogP contribution < -0.4 is 39.3 Å². The summed E-state index contributed by atoms with van der Waals surface area (Å²) in [4.78, 5) is 59.6. The van der Waals surface area contributed by atoms with Crippen molar-refractivity contribution in [2.24, 2.45) is 44.6 Å². The fourth-order valence-corrected chi connectivity index (χ4v) is 3.97. The van der Waals surface area contributed by atoms with Crippen molar-refractivity contribution >= 4 is 35.6 Å². The van der Waals surface area contributed by atoms with E-state index in [1.54, 1.807) is 13.8 Å². The minimum Gasteiger partial charge on any atom is -0.480 e. The lowest BCUT2D eigenvalue weighted by Gasteiger charge is -2.29. The number of aliphatic carboxylic acids is 1. The van der Waals surface area contributed by atoms with Crippen LogP contribution in [0, 0.1) is 5.92 Å². The normalized spacial score (nSPS) is 17.4. The van der Waals surface area contributed by atoms with E-state index in [9.17, 15) is 24.3 Å². The Labute approximate surface area is 216 Å². The molecule has 0 aromatic carbocycles. The number of nitrogens with two attached hydrogens (primary N) is 5. The van der Waals surface area contributed by atoms with Gasteiger partial charge in [-0.3, -0.25) is 24.4 Å². The minimum atomic E-state index is -1.21. The number of carboxylic acid groups (broad SMARTS) is 1. The lowest BCUT2D eigenvalue weighted by molar-refractivity contribution is -0.143. The SMILES string of the molecule is CC(C)C(NC(=O)C1CCCN1C(=O)C(N)CCCN=C(N)N)C(=O)NC(CCCN=C(N)N)C(=O)O. The van der Waals surface area contributed by atoms with E-state index in [0.29, 0.717) is 45.2 Å². The molecule has 1 fully saturated rings. The van der Waals surface area contributed by atoms with Gasteiger partial charge in [-0.25, -0.2) is 4.79 Å². The van der Waals surface area contributed by atoms with Crippen molar-refractivity contribution in [3.8, 4) is 0 Å². The average molecular weight is 527 g/mol. The van der Waals surface area contributed by atoms with E-state index in [1.165, 1.54) is 4.90 Å². The molecule has 13 N–H and O–H groups in total. The number of carbonyl (C=O) groups is 4. The maximum Gasteiger partial charge on any atom is 0.326 e. The molecule has 1 aliphatic rings. The number of nitrogens with zero attached hydrogens (tertiary/aromatic N) is 3. The van der Waals surface area contributed by atoms with E-state index in [4.69, 9.17) is 28.7 Å². The zero-order chi connectivity index (χ0) is 28.1. The molecule has 210 valence electrons. The first kappa shape index (κ1) is 31.4. The fraction of sp³-hybridized carbons (Fsp3) is 0.727. The highest BCUT2D eigenvalue weighted by Crippen LogP contribution is 2.20. The second kappa shape index (κ2) is 15.5. The molecule has 1 rings (SSSR count). The first-order valence-electron chi connectivity index (χ1n) is 12.4. The molecule has 0 saturated carbocycles. The maximum absolute atomic E-state index is 13.1. The maximum atomic E-state index is 13.1. The molecule has 0 radical (unpaired) electrons. The molecule has 0 aliphatic carbocycles. The second-order valence-electron chi connectivity index (χ2n) is 9.32. The van der Waals surface area contributed by atoms with Gasteiger partial charge in [0.25, 0.3) is 0 Å². The largest absolute Gasteiger partial charge is 0.480 e. The number of guanidine groups is 2. The molecule has 4 atom stereocenters. The van der Waals surface area contributed by atoms with Crippen LogP contribution in [-0.4, -0.2) is 89.4 Å². The van der Waals surface area contributed by atoms with Crippen LogP contribution in [0.1, 0.15) is 52.4 Å². The molecule has 3 amide bonds. The molecule has 1 aliphatic heterocycles. The highest BCUT2D eigenvalue weighted by Gasteiger charge is 2.38. The predicted molar refractivity (Wildman–Crippen MR) is 139 cm³/mol. The van der Waals surface area contributed by atoms with Crippen LogP contribution in [0.3, 0.4) is 0 Å². The first-order chi connectivity index (χ1) is 17.3. The molecule has 1 heterocycles. The average Bonchev–Trinajstić information content (AvgIpc) is 3.30. The van der Waals surface area contributed by atoms with Gasteiger partial charge in [0, 0.05) is 19.6 Å². The summed E-state index contributed by atoms with van der Waals surface area (Å²) in [7, 11) is 0. The van der Waals surface area contributed by atoms with Crippen LogP contribution in [0.5, 0.6) is 0 Å². The topological polar surface area (TPSA) is 271 Å². The summed E-state index contributed by atoms with van der Waals surface area (Å²) in [6.07, 6.45) is 2.31. The molecule has 4 unspecified atom stereocenters. The van der Waals surface area contributed by atoms with Gasteiger partial charge in [0.1, 0.15) is 18.1 Å². The Balaban J connectivity index is 2.78. The van der Waals surface area contributed by atoms with Gasteiger partial charge in [0.15, 0.2) is 11.9 Å². The third-order valence-electron chi connectivity index (χ3n) is 5.93. The Kier molecular flexibility index (Phi) is 13.1. The monoisotopic (exact) mass is 526 g/mol. The highest BCUT2D eigenvalue weighted by molar-refractivity contribution is 5.94. The third kappa shape index (κ3) is 10.9. The van der Waals surface area contributed by atoms with Crippen molar-refractivity contribution in [2.75, 3.05) is 19.6 Å². The Morgan fingerprint density at radius 3 is 2.05 bits per heavy atom. The number of carbonyl (C=O) groups excluding carboxylic acids is 3. The molecule has 0 aromatic rings. The molecule has 1 saturated heterocycles. The summed E-state index contributed by atoms with van der Waals surface area (Å²) in [6, 6.07) is -3.78. The van der Waals surface area contributed by atoms with Gasteiger partial charge >= 0.3 is 5.97 Å². The summed E-state index contributed by atoms with van der Waals surface area (Å²) in [5.74, 6) is -3.20. The molecule has 0 bridgehead atoms. The van der Waals surface area contributed by atoms with Crippen molar-refractivity contribution in [3.63, 3.8) is 0 Å². The third-order valence-corrected chi connectivity index (χ3v) is 5.93. The lowest BCUT2D eigenvalue weighted by Crippen LogP contribution is -2.58. The number of aliphatic imine (C=N–C) groups is 2. The molecule has 37 heavy (non-hydrogen) atoms.